The molecular formula is C22H33N5O4. The SMILES string of the molecule is CNC(Cc1ccccc1)C(=O)N1CCCC1C(=O)NC(CCCCN)C(=O)C(N)=O. The Hall–Kier alpha value is -2.78. The minimum Gasteiger partial charge on any atom is -0.363 e. The summed E-state index contributed by atoms with van der Waals surface area (Å²) in [5, 5.41) is 5.69. The van der Waals surface area contributed by atoms with Gasteiger partial charge in [0.25, 0.3) is 5.91 Å². The van der Waals surface area contributed by atoms with Crippen LogP contribution in [-0.2, 0) is 25.6 Å². The average molecular weight is 432 g/mol. The molecule has 0 bridgehead atoms. The number of primary amides is 1. The minimum absolute atomic E-state index is 0.162. The summed E-state index contributed by atoms with van der Waals surface area (Å²) in [7, 11) is 1.72. The summed E-state index contributed by atoms with van der Waals surface area (Å²) in [6.07, 6.45) is 3.21. The van der Waals surface area contributed by atoms with Gasteiger partial charge in [-0.25, -0.2) is 0 Å². The monoisotopic (exact) mass is 431 g/mol. The maximum atomic E-state index is 13.2. The van der Waals surface area contributed by atoms with Crippen molar-refractivity contribution < 1.29 is 19.2 Å². The highest BCUT2D eigenvalue weighted by Gasteiger charge is 2.38. The standard InChI is InChI=1S/C22H33N5O4/c1-25-17(14-15-8-3-2-4-9-15)22(31)27-13-7-11-18(27)21(30)26-16(10-5-6-12-23)19(28)20(24)29/h2-4,8-9,16-18,25H,5-7,10-14,23H2,1H3,(H2,24,29)(H,26,30). The van der Waals surface area contributed by atoms with E-state index in [1.165, 1.54) is 0 Å². The molecule has 0 aliphatic carbocycles. The van der Waals surface area contributed by atoms with Crippen LogP contribution in [0.25, 0.3) is 0 Å². The van der Waals surface area contributed by atoms with Crippen molar-refractivity contribution in [2.45, 2.75) is 56.7 Å². The molecule has 31 heavy (non-hydrogen) atoms. The van der Waals surface area contributed by atoms with E-state index in [2.05, 4.69) is 10.6 Å². The van der Waals surface area contributed by atoms with E-state index in [-0.39, 0.29) is 12.3 Å². The number of hydrogen-bond donors (Lipinski definition) is 4. The van der Waals surface area contributed by atoms with Crippen molar-refractivity contribution in [2.24, 2.45) is 11.5 Å². The molecule has 1 heterocycles. The van der Waals surface area contributed by atoms with Gasteiger partial charge in [0, 0.05) is 6.54 Å². The summed E-state index contributed by atoms with van der Waals surface area (Å²) in [4.78, 5) is 51.2. The first-order valence-electron chi connectivity index (χ1n) is 10.7. The average Bonchev–Trinajstić information content (AvgIpc) is 3.26. The number of ketones is 1. The normalized spacial score (nSPS) is 17.7. The number of amides is 3. The highest BCUT2D eigenvalue weighted by Crippen LogP contribution is 2.20. The zero-order chi connectivity index (χ0) is 22.8. The van der Waals surface area contributed by atoms with Crippen molar-refractivity contribution in [3.63, 3.8) is 0 Å². The Morgan fingerprint density at radius 1 is 1.13 bits per heavy atom. The van der Waals surface area contributed by atoms with Gasteiger partial charge < -0.3 is 27.0 Å². The van der Waals surface area contributed by atoms with Crippen LogP contribution in [0.5, 0.6) is 0 Å². The molecule has 0 spiro atoms. The van der Waals surface area contributed by atoms with Crippen molar-refractivity contribution in [1.82, 2.24) is 15.5 Å². The molecule has 1 aromatic carbocycles. The molecule has 170 valence electrons. The fourth-order valence-electron chi connectivity index (χ4n) is 3.87. The number of rotatable bonds is 12. The van der Waals surface area contributed by atoms with Gasteiger partial charge in [-0.05, 0) is 57.7 Å². The van der Waals surface area contributed by atoms with Crippen LogP contribution in [0.4, 0.5) is 0 Å². The van der Waals surface area contributed by atoms with Gasteiger partial charge in [-0.2, -0.15) is 0 Å². The Morgan fingerprint density at radius 2 is 1.84 bits per heavy atom. The van der Waals surface area contributed by atoms with Crippen molar-refractivity contribution in [3.8, 4) is 0 Å². The minimum atomic E-state index is -1.09. The van der Waals surface area contributed by atoms with Crippen LogP contribution in [0.2, 0.25) is 0 Å². The topological polar surface area (TPSA) is 148 Å². The molecule has 6 N–H and O–H groups in total. The summed E-state index contributed by atoms with van der Waals surface area (Å²) in [6.45, 7) is 0.911. The van der Waals surface area contributed by atoms with Crippen molar-refractivity contribution in [3.05, 3.63) is 35.9 Å². The highest BCUT2D eigenvalue weighted by molar-refractivity contribution is 6.37. The second-order valence-corrected chi connectivity index (χ2v) is 7.79. The van der Waals surface area contributed by atoms with Crippen LogP contribution >= 0.6 is 0 Å². The maximum absolute atomic E-state index is 13.2. The van der Waals surface area contributed by atoms with Gasteiger partial charge in [-0.15, -0.1) is 0 Å². The Labute approximate surface area is 182 Å². The van der Waals surface area contributed by atoms with E-state index >= 15 is 0 Å². The number of benzene rings is 1. The zero-order valence-corrected chi connectivity index (χ0v) is 18.0. The van der Waals surface area contributed by atoms with E-state index in [0.29, 0.717) is 45.2 Å². The molecule has 1 aliphatic heterocycles. The van der Waals surface area contributed by atoms with Gasteiger partial charge in [0.15, 0.2) is 0 Å². The summed E-state index contributed by atoms with van der Waals surface area (Å²) in [5.41, 5.74) is 11.6. The molecule has 0 aromatic heterocycles. The summed E-state index contributed by atoms with van der Waals surface area (Å²) >= 11 is 0. The number of carbonyl (C=O) groups is 4. The van der Waals surface area contributed by atoms with Crippen LogP contribution in [-0.4, -0.2) is 66.7 Å². The number of carbonyl (C=O) groups excluding carboxylic acids is 4. The van der Waals surface area contributed by atoms with Gasteiger partial charge in [0.2, 0.25) is 17.6 Å². The Bertz CT molecular complexity index is 770. The molecule has 0 saturated carbocycles. The number of likely N-dealkylation sites (N-methyl/N-ethyl adjacent to an activating group) is 1. The van der Waals surface area contributed by atoms with E-state index in [0.717, 1.165) is 5.56 Å². The number of nitrogens with one attached hydrogen (secondary N) is 2. The summed E-state index contributed by atoms with van der Waals surface area (Å²) in [5.74, 6) is -2.52. The quantitative estimate of drug-likeness (QED) is 0.258. The zero-order valence-electron chi connectivity index (χ0n) is 18.0. The predicted molar refractivity (Wildman–Crippen MR) is 117 cm³/mol. The van der Waals surface area contributed by atoms with E-state index in [4.69, 9.17) is 11.5 Å². The van der Waals surface area contributed by atoms with Crippen LogP contribution in [0, 0.1) is 0 Å². The fourth-order valence-corrected chi connectivity index (χ4v) is 3.87. The second kappa shape index (κ2) is 12.2. The summed E-state index contributed by atoms with van der Waals surface area (Å²) in [6, 6.07) is 7.50. The number of likely N-dealkylation sites (tertiary alicyclic amines) is 1. The number of nitrogens with zero attached hydrogens (tertiary/aromatic N) is 1. The third-order valence-corrected chi connectivity index (χ3v) is 5.59. The lowest BCUT2D eigenvalue weighted by Gasteiger charge is -2.29. The lowest BCUT2D eigenvalue weighted by molar-refractivity contribution is -0.142. The van der Waals surface area contributed by atoms with Crippen LogP contribution in [0.3, 0.4) is 0 Å². The first kappa shape index (κ1) is 24.5. The van der Waals surface area contributed by atoms with Crippen molar-refractivity contribution in [2.75, 3.05) is 20.1 Å². The van der Waals surface area contributed by atoms with E-state index in [1.807, 2.05) is 30.3 Å². The molecule has 1 fully saturated rings. The molecule has 1 aliphatic rings. The van der Waals surface area contributed by atoms with Gasteiger partial charge >= 0.3 is 0 Å². The fraction of sp³-hybridized carbons (Fsp3) is 0.545. The number of Topliss-reactive ketones (excluding diaryl/α,β-unsaturated/α-hetero) is 1. The molecule has 9 heteroatoms. The van der Waals surface area contributed by atoms with Crippen LogP contribution in [0.1, 0.15) is 37.7 Å². The molecular weight excluding hydrogens is 398 g/mol. The molecule has 9 nitrogen and oxygen atoms in total. The molecule has 3 amide bonds. The lowest BCUT2D eigenvalue weighted by Crippen LogP contribution is -2.55. The smallest absolute Gasteiger partial charge is 0.287 e. The van der Waals surface area contributed by atoms with Gasteiger partial charge in [-0.1, -0.05) is 30.3 Å². The molecule has 3 atom stereocenters. The third-order valence-electron chi connectivity index (χ3n) is 5.59. The molecule has 3 unspecified atom stereocenters. The molecule has 2 rings (SSSR count). The largest absolute Gasteiger partial charge is 0.363 e. The molecule has 1 saturated heterocycles. The highest BCUT2D eigenvalue weighted by atomic mass is 16.2. The van der Waals surface area contributed by atoms with Crippen molar-refractivity contribution >= 4 is 23.5 Å². The third kappa shape index (κ3) is 6.86. The van der Waals surface area contributed by atoms with Gasteiger partial charge in [0.05, 0.1) is 12.1 Å². The second-order valence-electron chi connectivity index (χ2n) is 7.79. The first-order chi connectivity index (χ1) is 14.9. The van der Waals surface area contributed by atoms with Gasteiger partial charge in [-0.3, -0.25) is 19.2 Å². The number of nitrogens with two attached hydrogens (primary N) is 2. The number of hydrogen-bond acceptors (Lipinski definition) is 6. The maximum Gasteiger partial charge on any atom is 0.287 e. The Kier molecular flexibility index (Phi) is 9.61. The van der Waals surface area contributed by atoms with Crippen molar-refractivity contribution in [1.29, 1.82) is 0 Å². The Morgan fingerprint density at radius 3 is 2.45 bits per heavy atom. The summed E-state index contributed by atoms with van der Waals surface area (Å²) < 4.78 is 0. The van der Waals surface area contributed by atoms with E-state index in [1.54, 1.807) is 11.9 Å². The number of unbranched alkanes of at least 4 members (excludes halogenated alkanes) is 1. The van der Waals surface area contributed by atoms with E-state index in [9.17, 15) is 19.2 Å². The molecule has 0 radical (unpaired) electrons. The predicted octanol–water partition coefficient (Wildman–Crippen LogP) is -0.524. The Balaban J connectivity index is 2.07. The van der Waals surface area contributed by atoms with Crippen LogP contribution < -0.4 is 22.1 Å². The van der Waals surface area contributed by atoms with Gasteiger partial charge in [0.1, 0.15) is 6.04 Å². The first-order valence-corrected chi connectivity index (χ1v) is 10.7. The van der Waals surface area contributed by atoms with E-state index < -0.39 is 35.7 Å². The van der Waals surface area contributed by atoms with Crippen LogP contribution in [0.15, 0.2) is 30.3 Å². The lowest BCUT2D eigenvalue weighted by atomic mass is 10.0. The molecule has 1 aromatic rings.